The standard InChI is InChI=1S/C24H19ClF2N2O3/c1-13(2)14-3-6-16(7-4-14)31-12-23(30)28-15-5-8-22-21(9-15)29-24(32-22)17-10-19(26)20(27)11-18(17)25/h3-11,13H,12H2,1-2H3,(H,28,30). The van der Waals surface area contributed by atoms with E-state index < -0.39 is 11.6 Å². The summed E-state index contributed by atoms with van der Waals surface area (Å²) in [6, 6.07) is 14.2. The molecule has 32 heavy (non-hydrogen) atoms. The molecule has 0 atom stereocenters. The van der Waals surface area contributed by atoms with Crippen molar-refractivity contribution in [3.63, 3.8) is 0 Å². The van der Waals surface area contributed by atoms with E-state index in [-0.39, 0.29) is 29.0 Å². The van der Waals surface area contributed by atoms with Crippen LogP contribution in [0.2, 0.25) is 5.02 Å². The highest BCUT2D eigenvalue weighted by molar-refractivity contribution is 6.33. The summed E-state index contributed by atoms with van der Waals surface area (Å²) in [6.07, 6.45) is 0. The lowest BCUT2D eigenvalue weighted by atomic mass is 10.0. The van der Waals surface area contributed by atoms with E-state index >= 15 is 0 Å². The van der Waals surface area contributed by atoms with Crippen LogP contribution in [0.1, 0.15) is 25.3 Å². The van der Waals surface area contributed by atoms with E-state index in [9.17, 15) is 13.6 Å². The average Bonchev–Trinajstić information content (AvgIpc) is 3.18. The van der Waals surface area contributed by atoms with Crippen LogP contribution in [0, 0.1) is 11.6 Å². The zero-order valence-electron chi connectivity index (χ0n) is 17.3. The van der Waals surface area contributed by atoms with Gasteiger partial charge in [0.05, 0.1) is 10.6 Å². The molecule has 8 heteroatoms. The van der Waals surface area contributed by atoms with Crippen molar-refractivity contribution in [2.75, 3.05) is 11.9 Å². The molecule has 3 aromatic carbocycles. The Balaban J connectivity index is 1.45. The zero-order valence-corrected chi connectivity index (χ0v) is 18.0. The number of aromatic nitrogens is 1. The molecule has 0 aliphatic carbocycles. The Morgan fingerprint density at radius 1 is 1.09 bits per heavy atom. The first-order valence-corrected chi connectivity index (χ1v) is 10.3. The van der Waals surface area contributed by atoms with Crippen LogP contribution in [0.5, 0.6) is 5.75 Å². The molecule has 0 unspecified atom stereocenters. The summed E-state index contributed by atoms with van der Waals surface area (Å²) in [5.74, 6) is -1.40. The van der Waals surface area contributed by atoms with Crippen LogP contribution in [0.4, 0.5) is 14.5 Å². The molecule has 0 spiro atoms. The van der Waals surface area contributed by atoms with Crippen molar-refractivity contribution in [2.45, 2.75) is 19.8 Å². The number of hydrogen-bond acceptors (Lipinski definition) is 4. The molecule has 0 fully saturated rings. The monoisotopic (exact) mass is 456 g/mol. The Bertz CT molecular complexity index is 1290. The van der Waals surface area contributed by atoms with E-state index in [0.717, 1.165) is 12.1 Å². The van der Waals surface area contributed by atoms with Gasteiger partial charge in [0.1, 0.15) is 11.3 Å². The van der Waals surface area contributed by atoms with Gasteiger partial charge in [0, 0.05) is 5.69 Å². The lowest BCUT2D eigenvalue weighted by molar-refractivity contribution is -0.118. The van der Waals surface area contributed by atoms with Gasteiger partial charge in [-0.3, -0.25) is 4.79 Å². The average molecular weight is 457 g/mol. The van der Waals surface area contributed by atoms with Crippen molar-refractivity contribution >= 4 is 34.3 Å². The van der Waals surface area contributed by atoms with Gasteiger partial charge >= 0.3 is 0 Å². The molecule has 1 aromatic heterocycles. The topological polar surface area (TPSA) is 64.4 Å². The smallest absolute Gasteiger partial charge is 0.262 e. The molecule has 5 nitrogen and oxygen atoms in total. The summed E-state index contributed by atoms with van der Waals surface area (Å²) in [4.78, 5) is 16.5. The predicted molar refractivity (Wildman–Crippen MR) is 119 cm³/mol. The quantitative estimate of drug-likeness (QED) is 0.333. The van der Waals surface area contributed by atoms with Crippen molar-refractivity contribution in [3.8, 4) is 17.2 Å². The first kappa shape index (κ1) is 21.8. The summed E-state index contributed by atoms with van der Waals surface area (Å²) in [6.45, 7) is 4.04. The Hall–Kier alpha value is -3.45. The van der Waals surface area contributed by atoms with Crippen LogP contribution in [0.25, 0.3) is 22.6 Å². The minimum atomic E-state index is -1.06. The molecular formula is C24H19ClF2N2O3. The van der Waals surface area contributed by atoms with Gasteiger partial charge in [-0.1, -0.05) is 37.6 Å². The van der Waals surface area contributed by atoms with Crippen molar-refractivity contribution in [1.82, 2.24) is 4.98 Å². The molecule has 0 bridgehead atoms. The molecular weight excluding hydrogens is 438 g/mol. The number of benzene rings is 3. The normalized spacial score (nSPS) is 11.2. The number of ether oxygens (including phenoxy) is 1. The van der Waals surface area contributed by atoms with Crippen molar-refractivity contribution in [1.29, 1.82) is 0 Å². The van der Waals surface area contributed by atoms with Crippen molar-refractivity contribution in [2.24, 2.45) is 0 Å². The molecule has 0 saturated heterocycles. The molecule has 0 radical (unpaired) electrons. The van der Waals surface area contributed by atoms with E-state index in [0.29, 0.717) is 28.5 Å². The minimum Gasteiger partial charge on any atom is -0.484 e. The first-order chi connectivity index (χ1) is 15.3. The fourth-order valence-corrected chi connectivity index (χ4v) is 3.33. The summed E-state index contributed by atoms with van der Waals surface area (Å²) in [5.41, 5.74) is 2.62. The summed E-state index contributed by atoms with van der Waals surface area (Å²) >= 11 is 6.00. The fraction of sp³-hybridized carbons (Fsp3) is 0.167. The lowest BCUT2D eigenvalue weighted by Crippen LogP contribution is -2.20. The largest absolute Gasteiger partial charge is 0.484 e. The fourth-order valence-electron chi connectivity index (χ4n) is 3.10. The summed E-state index contributed by atoms with van der Waals surface area (Å²) in [7, 11) is 0. The SMILES string of the molecule is CC(C)c1ccc(OCC(=O)Nc2ccc3oc(-c4cc(F)c(F)cc4Cl)nc3c2)cc1. The number of oxazole rings is 1. The Morgan fingerprint density at radius 3 is 2.53 bits per heavy atom. The summed E-state index contributed by atoms with van der Waals surface area (Å²) < 4.78 is 38.0. The molecule has 0 saturated carbocycles. The van der Waals surface area contributed by atoms with Crippen LogP contribution < -0.4 is 10.1 Å². The van der Waals surface area contributed by atoms with Crippen molar-refractivity contribution < 1.29 is 22.7 Å². The minimum absolute atomic E-state index is 0.0254. The van der Waals surface area contributed by atoms with Gasteiger partial charge in [0.25, 0.3) is 5.91 Å². The molecule has 0 aliphatic rings. The van der Waals surface area contributed by atoms with E-state index in [1.165, 1.54) is 5.56 Å². The Labute approximate surface area is 188 Å². The Kier molecular flexibility index (Phi) is 6.10. The highest BCUT2D eigenvalue weighted by Crippen LogP contribution is 2.32. The van der Waals surface area contributed by atoms with Gasteiger partial charge in [-0.2, -0.15) is 0 Å². The number of anilines is 1. The third-order valence-electron chi connectivity index (χ3n) is 4.83. The van der Waals surface area contributed by atoms with E-state index in [1.807, 2.05) is 24.3 Å². The van der Waals surface area contributed by atoms with E-state index in [1.54, 1.807) is 18.2 Å². The number of halogens is 3. The second kappa shape index (κ2) is 8.96. The van der Waals surface area contributed by atoms with E-state index in [4.69, 9.17) is 20.8 Å². The number of carbonyl (C=O) groups is 1. The number of nitrogens with zero attached hydrogens (tertiary/aromatic N) is 1. The van der Waals surface area contributed by atoms with Gasteiger partial charge in [-0.05, 0) is 53.9 Å². The zero-order chi connectivity index (χ0) is 22.8. The maximum atomic E-state index is 13.6. The number of nitrogens with one attached hydrogen (secondary N) is 1. The molecule has 4 aromatic rings. The van der Waals surface area contributed by atoms with Gasteiger partial charge in [-0.15, -0.1) is 0 Å². The van der Waals surface area contributed by atoms with Crippen LogP contribution in [-0.2, 0) is 4.79 Å². The summed E-state index contributed by atoms with van der Waals surface area (Å²) in [5, 5.41) is 2.70. The Morgan fingerprint density at radius 2 is 1.81 bits per heavy atom. The molecule has 4 rings (SSSR count). The highest BCUT2D eigenvalue weighted by atomic mass is 35.5. The maximum absolute atomic E-state index is 13.6. The number of rotatable bonds is 6. The lowest BCUT2D eigenvalue weighted by Gasteiger charge is -2.09. The van der Waals surface area contributed by atoms with Crippen LogP contribution >= 0.6 is 11.6 Å². The predicted octanol–water partition coefficient (Wildman–Crippen LogP) is 6.57. The van der Waals surface area contributed by atoms with E-state index in [2.05, 4.69) is 24.1 Å². The number of amides is 1. The molecule has 1 heterocycles. The molecule has 0 aliphatic heterocycles. The second-order valence-electron chi connectivity index (χ2n) is 7.51. The van der Waals surface area contributed by atoms with Crippen LogP contribution in [0.15, 0.2) is 59.0 Å². The molecule has 1 amide bonds. The van der Waals surface area contributed by atoms with Gasteiger partial charge in [0.15, 0.2) is 23.8 Å². The van der Waals surface area contributed by atoms with Crippen molar-refractivity contribution in [3.05, 3.63) is 76.8 Å². The van der Waals surface area contributed by atoms with Gasteiger partial charge in [0.2, 0.25) is 5.89 Å². The number of hydrogen-bond donors (Lipinski definition) is 1. The number of carbonyl (C=O) groups excluding carboxylic acids is 1. The third kappa shape index (κ3) is 4.73. The number of fused-ring (bicyclic) bond motifs is 1. The van der Waals surface area contributed by atoms with Gasteiger partial charge in [-0.25, -0.2) is 13.8 Å². The second-order valence-corrected chi connectivity index (χ2v) is 7.92. The van der Waals surface area contributed by atoms with Crippen LogP contribution in [-0.4, -0.2) is 17.5 Å². The van der Waals surface area contributed by atoms with Crippen LogP contribution in [0.3, 0.4) is 0 Å². The first-order valence-electron chi connectivity index (χ1n) is 9.88. The highest BCUT2D eigenvalue weighted by Gasteiger charge is 2.16. The third-order valence-corrected chi connectivity index (χ3v) is 5.14. The molecule has 1 N–H and O–H groups in total. The molecule has 164 valence electrons. The maximum Gasteiger partial charge on any atom is 0.262 e. The van der Waals surface area contributed by atoms with Gasteiger partial charge < -0.3 is 14.5 Å².